The van der Waals surface area contributed by atoms with Crippen LogP contribution < -0.4 is 19.7 Å². The van der Waals surface area contributed by atoms with Crippen LogP contribution in [0.1, 0.15) is 30.9 Å². The minimum absolute atomic E-state index is 0.105. The first-order valence-electron chi connectivity index (χ1n) is 10.2. The molecule has 0 saturated carbocycles. The number of anilines is 2. The van der Waals surface area contributed by atoms with Crippen LogP contribution in [-0.2, 0) is 15.8 Å². The lowest BCUT2D eigenvalue weighted by Crippen LogP contribution is -2.38. The zero-order chi connectivity index (χ0) is 22.9. The van der Waals surface area contributed by atoms with E-state index in [9.17, 15) is 22.8 Å². The smallest absolute Gasteiger partial charge is 0.416 e. The quantitative estimate of drug-likeness (QED) is 0.698. The molecule has 4 rings (SSSR count). The maximum atomic E-state index is 13.1. The molecule has 6 nitrogen and oxygen atoms in total. The minimum Gasteiger partial charge on any atom is -0.493 e. The van der Waals surface area contributed by atoms with Crippen molar-refractivity contribution >= 4 is 28.8 Å². The summed E-state index contributed by atoms with van der Waals surface area (Å²) in [5.41, 5.74) is 1.22. The molecule has 2 aromatic carbocycles. The van der Waals surface area contributed by atoms with Gasteiger partial charge in [0.1, 0.15) is 5.75 Å². The maximum Gasteiger partial charge on any atom is 0.416 e. The van der Waals surface area contributed by atoms with E-state index in [0.29, 0.717) is 47.6 Å². The monoisotopic (exact) mass is 446 g/mol. The van der Waals surface area contributed by atoms with E-state index >= 15 is 0 Å². The Morgan fingerprint density at radius 3 is 2.78 bits per heavy atom. The molecule has 2 aromatic rings. The number of rotatable bonds is 3. The Hall–Kier alpha value is -3.49. The lowest BCUT2D eigenvalue weighted by atomic mass is 9.99. The van der Waals surface area contributed by atoms with Crippen LogP contribution in [0.15, 0.2) is 42.5 Å². The molecule has 2 aliphatic heterocycles. The Morgan fingerprint density at radius 1 is 1.22 bits per heavy atom. The number of alkyl halides is 3. The van der Waals surface area contributed by atoms with Gasteiger partial charge in [-0.05, 0) is 49.6 Å². The summed E-state index contributed by atoms with van der Waals surface area (Å²) in [5.74, 6) is -0.113. The third-order valence-electron chi connectivity index (χ3n) is 5.31. The van der Waals surface area contributed by atoms with Crippen LogP contribution in [0.4, 0.5) is 24.5 Å². The average molecular weight is 446 g/mol. The van der Waals surface area contributed by atoms with Gasteiger partial charge in [0.25, 0.3) is 5.91 Å². The summed E-state index contributed by atoms with van der Waals surface area (Å²) in [6.45, 7) is 2.45. The predicted octanol–water partition coefficient (Wildman–Crippen LogP) is 4.65. The third-order valence-corrected chi connectivity index (χ3v) is 5.31. The van der Waals surface area contributed by atoms with Crippen molar-refractivity contribution in [1.29, 1.82) is 0 Å². The third kappa shape index (κ3) is 4.28. The fourth-order valence-electron chi connectivity index (χ4n) is 3.82. The zero-order valence-corrected chi connectivity index (χ0v) is 17.3. The van der Waals surface area contributed by atoms with Crippen molar-refractivity contribution in [3.8, 4) is 11.5 Å². The van der Waals surface area contributed by atoms with Crippen molar-refractivity contribution in [2.75, 3.05) is 30.0 Å². The molecule has 1 N–H and O–H groups in total. The second kappa shape index (κ2) is 8.57. The first kappa shape index (κ1) is 21.7. The highest BCUT2D eigenvalue weighted by atomic mass is 19.4. The number of amides is 2. The fraction of sp³-hybridized carbons (Fsp3) is 0.304. The molecule has 0 bridgehead atoms. The summed E-state index contributed by atoms with van der Waals surface area (Å²) in [6, 6.07) is 8.39. The molecule has 2 heterocycles. The van der Waals surface area contributed by atoms with Gasteiger partial charge in [0.05, 0.1) is 23.5 Å². The highest BCUT2D eigenvalue weighted by Gasteiger charge is 2.32. The van der Waals surface area contributed by atoms with Crippen molar-refractivity contribution in [1.82, 2.24) is 0 Å². The number of likely N-dealkylation sites (N-methyl/N-ethyl adjacent to an activating group) is 1. The van der Waals surface area contributed by atoms with Crippen molar-refractivity contribution in [3.05, 3.63) is 53.6 Å². The van der Waals surface area contributed by atoms with Gasteiger partial charge in [-0.25, -0.2) is 0 Å². The summed E-state index contributed by atoms with van der Waals surface area (Å²) in [6.07, 6.45) is -2.07. The van der Waals surface area contributed by atoms with Gasteiger partial charge in [-0.3, -0.25) is 9.59 Å². The number of halogens is 3. The number of benzene rings is 2. The number of fused-ring (bicyclic) bond motifs is 2. The second-order valence-electron chi connectivity index (χ2n) is 7.40. The highest BCUT2D eigenvalue weighted by Crippen LogP contribution is 2.40. The van der Waals surface area contributed by atoms with E-state index in [2.05, 4.69) is 5.32 Å². The van der Waals surface area contributed by atoms with Gasteiger partial charge < -0.3 is 19.7 Å². The average Bonchev–Trinajstić information content (AvgIpc) is 2.95. The van der Waals surface area contributed by atoms with E-state index < -0.39 is 17.6 Å². The van der Waals surface area contributed by atoms with Gasteiger partial charge in [-0.2, -0.15) is 13.2 Å². The summed E-state index contributed by atoms with van der Waals surface area (Å²) in [4.78, 5) is 26.4. The molecular weight excluding hydrogens is 425 g/mol. The Kier molecular flexibility index (Phi) is 5.82. The van der Waals surface area contributed by atoms with Gasteiger partial charge >= 0.3 is 6.18 Å². The standard InChI is InChI=1S/C23H21F3N2O4/c1-2-28-18-7-3-6-17(22(18)32-13-21(28)30)27-20(29)11-14-5-4-10-31-19-12-15(23(24,25)26)8-9-16(14)19/h3,6-9,11-12H,2,4-5,10,13H2,1H3,(H,27,29)/b14-11+. The molecule has 0 radical (unpaired) electrons. The number of carbonyl (C=O) groups is 2. The van der Waals surface area contributed by atoms with Gasteiger partial charge in [-0.15, -0.1) is 0 Å². The Balaban J connectivity index is 1.62. The number of carbonyl (C=O) groups excluding carboxylic acids is 2. The molecule has 2 aliphatic rings. The largest absolute Gasteiger partial charge is 0.493 e. The van der Waals surface area contributed by atoms with Crippen LogP contribution in [-0.4, -0.2) is 31.6 Å². The summed E-state index contributed by atoms with van der Waals surface area (Å²) in [5, 5.41) is 2.76. The van der Waals surface area contributed by atoms with Crippen molar-refractivity contribution in [3.63, 3.8) is 0 Å². The van der Waals surface area contributed by atoms with Crippen LogP contribution in [0.3, 0.4) is 0 Å². The topological polar surface area (TPSA) is 67.9 Å². The summed E-state index contributed by atoms with van der Waals surface area (Å²) < 4.78 is 50.2. The Labute approximate surface area is 182 Å². The van der Waals surface area contributed by atoms with E-state index in [0.717, 1.165) is 12.1 Å². The maximum absolute atomic E-state index is 13.1. The van der Waals surface area contributed by atoms with E-state index in [4.69, 9.17) is 9.47 Å². The van der Waals surface area contributed by atoms with Crippen LogP contribution in [0.2, 0.25) is 0 Å². The van der Waals surface area contributed by atoms with E-state index in [-0.39, 0.29) is 24.9 Å². The number of hydrogen-bond acceptors (Lipinski definition) is 4. The number of ether oxygens (including phenoxy) is 2. The highest BCUT2D eigenvalue weighted by molar-refractivity contribution is 6.07. The molecule has 9 heteroatoms. The van der Waals surface area contributed by atoms with Gasteiger partial charge in [0.2, 0.25) is 5.91 Å². The fourth-order valence-corrected chi connectivity index (χ4v) is 3.82. The van der Waals surface area contributed by atoms with E-state index in [1.54, 1.807) is 23.1 Å². The Bertz CT molecular complexity index is 1100. The predicted molar refractivity (Wildman–Crippen MR) is 113 cm³/mol. The minimum atomic E-state index is -4.48. The first-order chi connectivity index (χ1) is 15.3. The molecular formula is C23H21F3N2O4. The van der Waals surface area contributed by atoms with Crippen molar-refractivity contribution in [2.24, 2.45) is 0 Å². The van der Waals surface area contributed by atoms with Crippen molar-refractivity contribution in [2.45, 2.75) is 25.9 Å². The molecule has 0 aromatic heterocycles. The van der Waals surface area contributed by atoms with Gasteiger partial charge in [0.15, 0.2) is 12.4 Å². The summed E-state index contributed by atoms with van der Waals surface area (Å²) in [7, 11) is 0. The molecule has 0 aliphatic carbocycles. The lowest BCUT2D eigenvalue weighted by molar-refractivity contribution is -0.137. The molecule has 0 atom stereocenters. The number of allylic oxidation sites excluding steroid dienone is 1. The zero-order valence-electron chi connectivity index (χ0n) is 17.3. The molecule has 168 valence electrons. The molecule has 0 unspecified atom stereocenters. The number of para-hydroxylation sites is 1. The molecule has 2 amide bonds. The second-order valence-corrected chi connectivity index (χ2v) is 7.40. The summed E-state index contributed by atoms with van der Waals surface area (Å²) >= 11 is 0. The number of nitrogens with one attached hydrogen (secondary N) is 1. The van der Waals surface area contributed by atoms with Gasteiger partial charge in [-0.1, -0.05) is 12.1 Å². The number of nitrogens with zero attached hydrogens (tertiary/aromatic N) is 1. The first-order valence-corrected chi connectivity index (χ1v) is 10.2. The molecule has 0 fully saturated rings. The normalized spacial score (nSPS) is 17.1. The molecule has 0 saturated heterocycles. The van der Waals surface area contributed by atoms with E-state index in [1.165, 1.54) is 12.1 Å². The van der Waals surface area contributed by atoms with Gasteiger partial charge in [0, 0.05) is 18.2 Å². The Morgan fingerprint density at radius 2 is 2.03 bits per heavy atom. The molecule has 0 spiro atoms. The molecule has 32 heavy (non-hydrogen) atoms. The SMILES string of the molecule is CCN1C(=O)COc2c(NC(=O)/C=C3\CCCOc4cc(C(F)(F)F)ccc43)cccc21. The van der Waals surface area contributed by atoms with E-state index in [1.807, 2.05) is 6.92 Å². The number of hydrogen-bond donors (Lipinski definition) is 1. The van der Waals surface area contributed by atoms with Crippen LogP contribution in [0, 0.1) is 0 Å². The lowest BCUT2D eigenvalue weighted by Gasteiger charge is -2.29. The van der Waals surface area contributed by atoms with Crippen LogP contribution in [0.25, 0.3) is 5.57 Å². The van der Waals surface area contributed by atoms with Crippen LogP contribution in [0.5, 0.6) is 11.5 Å². The van der Waals surface area contributed by atoms with Crippen LogP contribution >= 0.6 is 0 Å². The van der Waals surface area contributed by atoms with Crippen molar-refractivity contribution < 1.29 is 32.2 Å².